The summed E-state index contributed by atoms with van der Waals surface area (Å²) in [6, 6.07) is 8.07. The molecular weight excluding hydrogens is 280 g/mol. The Morgan fingerprint density at radius 3 is 2.59 bits per heavy atom. The van der Waals surface area contributed by atoms with Crippen molar-refractivity contribution < 1.29 is 9.53 Å². The highest BCUT2D eigenvalue weighted by atomic mass is 16.6. The fourth-order valence-corrected chi connectivity index (χ4v) is 2.51. The van der Waals surface area contributed by atoms with Crippen molar-refractivity contribution >= 4 is 11.8 Å². The van der Waals surface area contributed by atoms with Crippen LogP contribution in [0.3, 0.4) is 0 Å². The van der Waals surface area contributed by atoms with Crippen LogP contribution in [-0.4, -0.2) is 33.7 Å². The Bertz CT molecular complexity index is 644. The molecule has 0 spiro atoms. The summed E-state index contributed by atoms with van der Waals surface area (Å²) in [5, 5.41) is 7.65. The van der Waals surface area contributed by atoms with Gasteiger partial charge < -0.3 is 4.74 Å². The van der Waals surface area contributed by atoms with E-state index in [1.54, 1.807) is 22.0 Å². The maximum absolute atomic E-state index is 12.1. The van der Waals surface area contributed by atoms with Crippen molar-refractivity contribution in [2.24, 2.45) is 0 Å². The highest BCUT2D eigenvalue weighted by Gasteiger charge is 2.32. The van der Waals surface area contributed by atoms with E-state index >= 15 is 0 Å². The second-order valence-corrected chi connectivity index (χ2v) is 6.54. The molecule has 2 heterocycles. The molecule has 116 valence electrons. The van der Waals surface area contributed by atoms with Crippen molar-refractivity contribution in [1.82, 2.24) is 15.0 Å². The van der Waals surface area contributed by atoms with Crippen molar-refractivity contribution in [3.8, 4) is 0 Å². The average molecular weight is 300 g/mol. The van der Waals surface area contributed by atoms with Gasteiger partial charge >= 0.3 is 6.09 Å². The molecule has 1 saturated heterocycles. The minimum absolute atomic E-state index is 0.0969. The summed E-state index contributed by atoms with van der Waals surface area (Å²) in [7, 11) is 0. The molecule has 1 aromatic carbocycles. The fraction of sp³-hybridized carbons (Fsp3) is 0.438. The molecule has 6 nitrogen and oxygen atoms in total. The van der Waals surface area contributed by atoms with Gasteiger partial charge in [0.2, 0.25) is 0 Å². The van der Waals surface area contributed by atoms with Gasteiger partial charge in [-0.3, -0.25) is 4.90 Å². The quantitative estimate of drug-likeness (QED) is 0.874. The second kappa shape index (κ2) is 5.44. The van der Waals surface area contributed by atoms with E-state index in [1.807, 2.05) is 12.1 Å². The van der Waals surface area contributed by atoms with Crippen LogP contribution in [0.25, 0.3) is 0 Å². The van der Waals surface area contributed by atoms with Crippen molar-refractivity contribution in [3.05, 3.63) is 42.2 Å². The molecule has 0 N–H and O–H groups in total. The Balaban J connectivity index is 1.71. The number of anilines is 1. The first kappa shape index (κ1) is 14.6. The number of carbonyl (C=O) groups is 1. The third-order valence-corrected chi connectivity index (χ3v) is 3.78. The standard InChI is InChI=1S/C16H20N4O2/c1-16(2,3)12-4-6-13(7-5-12)20-11-14(22-15(20)21)10-19-9-8-17-18-19/h4-9,14H,10-11H2,1-3H3/t14-/m0/s1. The van der Waals surface area contributed by atoms with Gasteiger partial charge in [0.25, 0.3) is 0 Å². The molecule has 0 saturated carbocycles. The molecule has 1 amide bonds. The maximum atomic E-state index is 12.1. The molecular formula is C16H20N4O2. The van der Waals surface area contributed by atoms with Crippen LogP contribution in [0.5, 0.6) is 0 Å². The van der Waals surface area contributed by atoms with Gasteiger partial charge in [0.15, 0.2) is 0 Å². The van der Waals surface area contributed by atoms with Gasteiger partial charge in [-0.2, -0.15) is 0 Å². The summed E-state index contributed by atoms with van der Waals surface area (Å²) in [6.07, 6.45) is 2.85. The number of hydrogen-bond acceptors (Lipinski definition) is 4. The fourth-order valence-electron chi connectivity index (χ4n) is 2.51. The first-order valence-electron chi connectivity index (χ1n) is 7.36. The highest BCUT2D eigenvalue weighted by Crippen LogP contribution is 2.27. The minimum atomic E-state index is -0.311. The first-order valence-corrected chi connectivity index (χ1v) is 7.36. The van der Waals surface area contributed by atoms with Crippen molar-refractivity contribution in [3.63, 3.8) is 0 Å². The molecule has 2 aromatic rings. The van der Waals surface area contributed by atoms with Crippen molar-refractivity contribution in [2.75, 3.05) is 11.4 Å². The lowest BCUT2D eigenvalue weighted by Crippen LogP contribution is -2.26. The molecule has 0 bridgehead atoms. The molecule has 1 fully saturated rings. The van der Waals surface area contributed by atoms with Crippen molar-refractivity contribution in [2.45, 2.75) is 38.8 Å². The third kappa shape index (κ3) is 2.95. The largest absolute Gasteiger partial charge is 0.442 e. The molecule has 6 heteroatoms. The lowest BCUT2D eigenvalue weighted by molar-refractivity contribution is 0.129. The van der Waals surface area contributed by atoms with Gasteiger partial charge in [-0.25, -0.2) is 9.48 Å². The van der Waals surface area contributed by atoms with Gasteiger partial charge in [-0.05, 0) is 23.1 Å². The van der Waals surface area contributed by atoms with Crippen LogP contribution < -0.4 is 4.90 Å². The summed E-state index contributed by atoms with van der Waals surface area (Å²) in [4.78, 5) is 13.7. The minimum Gasteiger partial charge on any atom is -0.442 e. The number of aromatic nitrogens is 3. The van der Waals surface area contributed by atoms with Crippen LogP contribution in [0, 0.1) is 0 Å². The monoisotopic (exact) mass is 300 g/mol. The number of nitrogens with zero attached hydrogens (tertiary/aromatic N) is 4. The lowest BCUT2D eigenvalue weighted by Gasteiger charge is -2.20. The first-order chi connectivity index (χ1) is 10.4. The van der Waals surface area contributed by atoms with E-state index in [1.165, 1.54) is 5.56 Å². The van der Waals surface area contributed by atoms with Crippen molar-refractivity contribution in [1.29, 1.82) is 0 Å². The van der Waals surface area contributed by atoms with Gasteiger partial charge in [-0.15, -0.1) is 5.10 Å². The molecule has 1 aliphatic heterocycles. The molecule has 0 aliphatic carbocycles. The Kier molecular flexibility index (Phi) is 3.60. The van der Waals surface area contributed by atoms with Crippen LogP contribution >= 0.6 is 0 Å². The normalized spacial score (nSPS) is 18.6. The number of rotatable bonds is 3. The topological polar surface area (TPSA) is 60.3 Å². The van der Waals surface area contributed by atoms with Crippen LogP contribution in [0.1, 0.15) is 26.3 Å². The van der Waals surface area contributed by atoms with E-state index in [2.05, 4.69) is 43.2 Å². The molecule has 22 heavy (non-hydrogen) atoms. The average Bonchev–Trinajstić information content (AvgIpc) is 3.08. The molecule has 3 rings (SSSR count). The SMILES string of the molecule is CC(C)(C)c1ccc(N2C[C@H](Cn3ccnn3)OC2=O)cc1. The number of ether oxygens (including phenoxy) is 1. The zero-order valence-electron chi connectivity index (χ0n) is 13.1. The van der Waals surface area contributed by atoms with E-state index in [0.29, 0.717) is 13.1 Å². The van der Waals surface area contributed by atoms with E-state index in [9.17, 15) is 4.79 Å². The van der Waals surface area contributed by atoms with Gasteiger partial charge in [0, 0.05) is 11.9 Å². The number of benzene rings is 1. The number of cyclic esters (lactones) is 1. The van der Waals surface area contributed by atoms with Gasteiger partial charge in [0.05, 0.1) is 19.3 Å². The molecule has 1 atom stereocenters. The van der Waals surface area contributed by atoms with Crippen LogP contribution in [0.15, 0.2) is 36.7 Å². The Morgan fingerprint density at radius 1 is 1.27 bits per heavy atom. The Hall–Kier alpha value is -2.37. The molecule has 0 radical (unpaired) electrons. The molecule has 1 aromatic heterocycles. The predicted octanol–water partition coefficient (Wildman–Crippen LogP) is 2.60. The number of amides is 1. The lowest BCUT2D eigenvalue weighted by atomic mass is 9.87. The zero-order chi connectivity index (χ0) is 15.7. The predicted molar refractivity (Wildman–Crippen MR) is 82.8 cm³/mol. The summed E-state index contributed by atoms with van der Waals surface area (Å²) in [5.41, 5.74) is 2.20. The Labute approximate surface area is 129 Å². The van der Waals surface area contributed by atoms with E-state index in [4.69, 9.17) is 4.74 Å². The van der Waals surface area contributed by atoms with E-state index < -0.39 is 0 Å². The van der Waals surface area contributed by atoms with E-state index in [-0.39, 0.29) is 17.6 Å². The molecule has 0 unspecified atom stereocenters. The van der Waals surface area contributed by atoms with Gasteiger partial charge in [-0.1, -0.05) is 38.1 Å². The number of carbonyl (C=O) groups excluding carboxylic acids is 1. The molecule has 1 aliphatic rings. The van der Waals surface area contributed by atoms with E-state index in [0.717, 1.165) is 5.69 Å². The summed E-state index contributed by atoms with van der Waals surface area (Å²) in [5.74, 6) is 0. The second-order valence-electron chi connectivity index (χ2n) is 6.54. The Morgan fingerprint density at radius 2 is 2.00 bits per heavy atom. The van der Waals surface area contributed by atoms with Crippen LogP contribution in [0.2, 0.25) is 0 Å². The number of hydrogen-bond donors (Lipinski definition) is 0. The summed E-state index contributed by atoms with van der Waals surface area (Å²) >= 11 is 0. The van der Waals surface area contributed by atoms with Crippen LogP contribution in [0.4, 0.5) is 10.5 Å². The highest BCUT2D eigenvalue weighted by molar-refractivity contribution is 5.89. The van der Waals surface area contributed by atoms with Gasteiger partial charge in [0.1, 0.15) is 6.10 Å². The summed E-state index contributed by atoms with van der Waals surface area (Å²) < 4.78 is 7.07. The third-order valence-electron chi connectivity index (χ3n) is 3.78. The smallest absolute Gasteiger partial charge is 0.414 e. The summed E-state index contributed by atoms with van der Waals surface area (Å²) in [6.45, 7) is 7.54. The van der Waals surface area contributed by atoms with Crippen LogP contribution in [-0.2, 0) is 16.7 Å². The maximum Gasteiger partial charge on any atom is 0.414 e. The zero-order valence-corrected chi connectivity index (χ0v) is 13.1.